The number of imidazole rings is 1. The molecule has 4 heteroatoms. The molecule has 0 aliphatic rings. The number of para-hydroxylation sites is 1. The van der Waals surface area contributed by atoms with Gasteiger partial charge < -0.3 is 10.1 Å². The van der Waals surface area contributed by atoms with E-state index >= 15 is 0 Å². The summed E-state index contributed by atoms with van der Waals surface area (Å²) >= 11 is 0. The minimum absolute atomic E-state index is 0.290. The van der Waals surface area contributed by atoms with E-state index in [2.05, 4.69) is 47.8 Å². The first-order valence-corrected chi connectivity index (χ1v) is 9.22. The molecule has 0 fully saturated rings. The van der Waals surface area contributed by atoms with Crippen LogP contribution < -0.4 is 10.1 Å². The van der Waals surface area contributed by atoms with Crippen molar-refractivity contribution in [1.29, 1.82) is 0 Å². The highest BCUT2D eigenvalue weighted by Crippen LogP contribution is 2.32. The van der Waals surface area contributed by atoms with Crippen LogP contribution in [0.3, 0.4) is 0 Å². The second kappa shape index (κ2) is 7.54. The summed E-state index contributed by atoms with van der Waals surface area (Å²) in [6, 6.07) is 24.3. The van der Waals surface area contributed by atoms with Crippen LogP contribution >= 0.6 is 0 Å². The Labute approximate surface area is 159 Å². The number of hydrogen-bond donors (Lipinski definition) is 1. The van der Waals surface area contributed by atoms with Crippen LogP contribution in [0.1, 0.15) is 31.0 Å². The number of hydrogen-bond acceptors (Lipinski definition) is 3. The van der Waals surface area contributed by atoms with Crippen LogP contribution in [0.25, 0.3) is 5.65 Å². The summed E-state index contributed by atoms with van der Waals surface area (Å²) < 4.78 is 8.16. The lowest BCUT2D eigenvalue weighted by molar-refractivity contribution is 0.308. The molecule has 2 aromatic heterocycles. The van der Waals surface area contributed by atoms with Gasteiger partial charge in [-0.1, -0.05) is 62.4 Å². The van der Waals surface area contributed by atoms with Gasteiger partial charge in [0.1, 0.15) is 12.4 Å². The van der Waals surface area contributed by atoms with Crippen molar-refractivity contribution in [3.8, 4) is 5.75 Å². The Balaban J connectivity index is 1.71. The van der Waals surface area contributed by atoms with E-state index in [0.29, 0.717) is 6.61 Å². The van der Waals surface area contributed by atoms with Crippen LogP contribution in [0.15, 0.2) is 79.0 Å². The number of anilines is 2. The second-order valence-corrected chi connectivity index (χ2v) is 6.83. The zero-order valence-corrected chi connectivity index (χ0v) is 15.6. The lowest BCUT2D eigenvalue weighted by Crippen LogP contribution is -2.00. The standard InChI is InChI=1S/C23H23N3O/c1-17(2)21-23(24-19-12-7-4-8-13-19)26-15-9-14-20(22(26)25-21)27-16-18-10-5-3-6-11-18/h3-15,17,24H,16H2,1-2H3. The molecule has 1 N–H and O–H groups in total. The molecule has 27 heavy (non-hydrogen) atoms. The first-order valence-electron chi connectivity index (χ1n) is 9.22. The molecule has 0 unspecified atom stereocenters. The Bertz CT molecular complexity index is 1020. The molecule has 0 aliphatic carbocycles. The van der Waals surface area contributed by atoms with Gasteiger partial charge >= 0.3 is 0 Å². The number of ether oxygens (including phenoxy) is 1. The predicted octanol–water partition coefficient (Wildman–Crippen LogP) is 5.78. The van der Waals surface area contributed by atoms with E-state index in [0.717, 1.165) is 34.2 Å². The minimum Gasteiger partial charge on any atom is -0.485 e. The normalized spacial score (nSPS) is 11.1. The van der Waals surface area contributed by atoms with Gasteiger partial charge in [-0.15, -0.1) is 0 Å². The van der Waals surface area contributed by atoms with E-state index in [1.807, 2.05) is 54.7 Å². The third kappa shape index (κ3) is 3.65. The Kier molecular flexibility index (Phi) is 4.79. The molecule has 4 nitrogen and oxygen atoms in total. The molecule has 4 aromatic rings. The molecule has 0 radical (unpaired) electrons. The number of nitrogens with one attached hydrogen (secondary N) is 1. The molecule has 136 valence electrons. The van der Waals surface area contributed by atoms with Crippen LogP contribution in [0, 0.1) is 0 Å². The van der Waals surface area contributed by atoms with Crippen molar-refractivity contribution < 1.29 is 4.74 Å². The highest BCUT2D eigenvalue weighted by molar-refractivity contribution is 5.68. The van der Waals surface area contributed by atoms with E-state index in [1.165, 1.54) is 0 Å². The molecule has 0 bridgehead atoms. The van der Waals surface area contributed by atoms with E-state index < -0.39 is 0 Å². The van der Waals surface area contributed by atoms with Gasteiger partial charge in [0.2, 0.25) is 0 Å². The van der Waals surface area contributed by atoms with E-state index in [9.17, 15) is 0 Å². The lowest BCUT2D eigenvalue weighted by atomic mass is 10.1. The molecule has 2 heterocycles. The van der Waals surface area contributed by atoms with Crippen LogP contribution in [0.2, 0.25) is 0 Å². The molecule has 0 spiro atoms. The first-order chi connectivity index (χ1) is 13.2. The Morgan fingerprint density at radius 1 is 0.926 bits per heavy atom. The fourth-order valence-electron chi connectivity index (χ4n) is 3.09. The number of aromatic nitrogens is 2. The molecule has 0 atom stereocenters. The average Bonchev–Trinajstić information content (AvgIpc) is 3.07. The van der Waals surface area contributed by atoms with Crippen molar-refractivity contribution in [3.63, 3.8) is 0 Å². The lowest BCUT2D eigenvalue weighted by Gasteiger charge is -2.11. The predicted molar refractivity (Wildman–Crippen MR) is 110 cm³/mol. The van der Waals surface area contributed by atoms with Crippen LogP contribution in [0.4, 0.5) is 11.5 Å². The third-order valence-electron chi connectivity index (χ3n) is 4.46. The van der Waals surface area contributed by atoms with E-state index in [-0.39, 0.29) is 5.92 Å². The summed E-state index contributed by atoms with van der Waals surface area (Å²) in [5, 5.41) is 3.52. The zero-order chi connectivity index (χ0) is 18.6. The summed E-state index contributed by atoms with van der Waals surface area (Å²) in [4.78, 5) is 4.90. The summed E-state index contributed by atoms with van der Waals surface area (Å²) in [6.45, 7) is 4.83. The summed E-state index contributed by atoms with van der Waals surface area (Å²) in [7, 11) is 0. The Hall–Kier alpha value is -3.27. The zero-order valence-electron chi connectivity index (χ0n) is 15.6. The van der Waals surface area contributed by atoms with Crippen LogP contribution in [0.5, 0.6) is 5.75 Å². The smallest absolute Gasteiger partial charge is 0.181 e. The summed E-state index contributed by atoms with van der Waals surface area (Å²) in [6.07, 6.45) is 2.02. The van der Waals surface area contributed by atoms with Gasteiger partial charge in [-0.05, 0) is 35.7 Å². The van der Waals surface area contributed by atoms with Gasteiger partial charge in [0.05, 0.1) is 5.69 Å². The maximum atomic E-state index is 6.09. The van der Waals surface area contributed by atoms with Crippen molar-refractivity contribution in [1.82, 2.24) is 9.38 Å². The van der Waals surface area contributed by atoms with Crippen LogP contribution in [-0.4, -0.2) is 9.38 Å². The van der Waals surface area contributed by atoms with Gasteiger partial charge in [0.15, 0.2) is 11.4 Å². The van der Waals surface area contributed by atoms with E-state index in [1.54, 1.807) is 0 Å². The molecule has 0 aliphatic heterocycles. The van der Waals surface area contributed by atoms with Crippen molar-refractivity contribution in [2.24, 2.45) is 0 Å². The topological polar surface area (TPSA) is 38.6 Å². The molecular weight excluding hydrogens is 334 g/mol. The summed E-state index contributed by atoms with van der Waals surface area (Å²) in [5.74, 6) is 2.05. The maximum absolute atomic E-state index is 6.09. The fourth-order valence-corrected chi connectivity index (χ4v) is 3.09. The molecule has 0 saturated carbocycles. The molecule has 2 aromatic carbocycles. The van der Waals surface area contributed by atoms with Gasteiger partial charge in [-0.3, -0.25) is 4.40 Å². The van der Waals surface area contributed by atoms with Crippen molar-refractivity contribution in [2.75, 3.05) is 5.32 Å². The van der Waals surface area contributed by atoms with Crippen molar-refractivity contribution in [3.05, 3.63) is 90.3 Å². The maximum Gasteiger partial charge on any atom is 0.181 e. The summed E-state index contributed by atoms with van der Waals surface area (Å²) in [5.41, 5.74) is 4.03. The van der Waals surface area contributed by atoms with Crippen molar-refractivity contribution >= 4 is 17.2 Å². The molecule has 0 amide bonds. The number of fused-ring (bicyclic) bond motifs is 1. The van der Waals surface area contributed by atoms with Gasteiger partial charge in [0, 0.05) is 11.9 Å². The van der Waals surface area contributed by atoms with Gasteiger partial charge in [-0.25, -0.2) is 4.98 Å². The largest absolute Gasteiger partial charge is 0.485 e. The molecule has 4 rings (SSSR count). The number of pyridine rings is 1. The molecular formula is C23H23N3O. The highest BCUT2D eigenvalue weighted by Gasteiger charge is 2.18. The van der Waals surface area contributed by atoms with Crippen LogP contribution in [-0.2, 0) is 6.61 Å². The first kappa shape index (κ1) is 17.2. The van der Waals surface area contributed by atoms with Gasteiger partial charge in [-0.2, -0.15) is 0 Å². The Morgan fingerprint density at radius 3 is 2.33 bits per heavy atom. The quantitative estimate of drug-likeness (QED) is 0.475. The highest BCUT2D eigenvalue weighted by atomic mass is 16.5. The van der Waals surface area contributed by atoms with Crippen molar-refractivity contribution in [2.45, 2.75) is 26.4 Å². The van der Waals surface area contributed by atoms with Gasteiger partial charge in [0.25, 0.3) is 0 Å². The monoisotopic (exact) mass is 357 g/mol. The fraction of sp³-hybridized carbons (Fsp3) is 0.174. The number of rotatable bonds is 6. The number of nitrogens with zero attached hydrogens (tertiary/aromatic N) is 2. The number of benzene rings is 2. The third-order valence-corrected chi connectivity index (χ3v) is 4.46. The van der Waals surface area contributed by atoms with E-state index in [4.69, 9.17) is 9.72 Å². The average molecular weight is 357 g/mol. The molecule has 0 saturated heterocycles. The minimum atomic E-state index is 0.290. The second-order valence-electron chi connectivity index (χ2n) is 6.83. The Morgan fingerprint density at radius 2 is 1.63 bits per heavy atom. The SMILES string of the molecule is CC(C)c1nc2c(OCc3ccccc3)cccn2c1Nc1ccccc1.